The van der Waals surface area contributed by atoms with E-state index in [4.69, 9.17) is 0 Å². The van der Waals surface area contributed by atoms with Gasteiger partial charge in [-0.2, -0.15) is 5.26 Å². The average Bonchev–Trinajstić information content (AvgIpc) is 3.15. The zero-order valence-electron chi connectivity index (χ0n) is 11.2. The van der Waals surface area contributed by atoms with Gasteiger partial charge in [0.2, 0.25) is 0 Å². The summed E-state index contributed by atoms with van der Waals surface area (Å²) in [6.45, 7) is 3.70. The molecule has 0 bridgehead atoms. The number of aromatic amines is 1. The van der Waals surface area contributed by atoms with Crippen LogP contribution in [-0.4, -0.2) is 19.7 Å². The van der Waals surface area contributed by atoms with Crippen molar-refractivity contribution in [1.82, 2.24) is 19.7 Å². The van der Waals surface area contributed by atoms with Crippen molar-refractivity contribution in [2.75, 3.05) is 0 Å². The molecule has 7 heteroatoms. The molecule has 20 heavy (non-hydrogen) atoms. The Hall–Kier alpha value is -2.07. The number of nitrogens with zero attached hydrogens (tertiary/aromatic N) is 4. The van der Waals surface area contributed by atoms with Crippen molar-refractivity contribution in [3.63, 3.8) is 0 Å². The summed E-state index contributed by atoms with van der Waals surface area (Å²) < 4.78 is 1.68. The highest BCUT2D eigenvalue weighted by Gasteiger charge is 2.29. The molecule has 2 aromatic rings. The highest BCUT2D eigenvalue weighted by molar-refractivity contribution is 7.99. The van der Waals surface area contributed by atoms with E-state index in [0.717, 1.165) is 23.4 Å². The molecule has 0 saturated heterocycles. The molecule has 102 valence electrons. The Kier molecular flexibility index (Phi) is 3.10. The SMILES string of the molecule is Cc1cc(Sc2n[nH]c(=O)n2C2CC2)c(C#N)c(C)n1. The Bertz CT molecular complexity index is 766. The highest BCUT2D eigenvalue weighted by Crippen LogP contribution is 2.38. The van der Waals surface area contributed by atoms with Gasteiger partial charge in [0.25, 0.3) is 0 Å². The van der Waals surface area contributed by atoms with Crippen LogP contribution in [0.3, 0.4) is 0 Å². The Labute approximate surface area is 119 Å². The Morgan fingerprint density at radius 1 is 1.50 bits per heavy atom. The van der Waals surface area contributed by atoms with Crippen LogP contribution in [0.25, 0.3) is 0 Å². The van der Waals surface area contributed by atoms with Crippen molar-refractivity contribution in [3.05, 3.63) is 33.5 Å². The number of H-pyrrole nitrogens is 1. The molecule has 0 amide bonds. The van der Waals surface area contributed by atoms with Crippen molar-refractivity contribution < 1.29 is 0 Å². The van der Waals surface area contributed by atoms with E-state index in [2.05, 4.69) is 21.3 Å². The smallest absolute Gasteiger partial charge is 0.267 e. The number of aromatic nitrogens is 4. The van der Waals surface area contributed by atoms with Gasteiger partial charge < -0.3 is 0 Å². The van der Waals surface area contributed by atoms with Crippen molar-refractivity contribution in [3.8, 4) is 6.07 Å². The third kappa shape index (κ3) is 2.23. The van der Waals surface area contributed by atoms with E-state index >= 15 is 0 Å². The van der Waals surface area contributed by atoms with E-state index in [0.29, 0.717) is 16.4 Å². The topological polar surface area (TPSA) is 87.4 Å². The molecule has 0 aliphatic heterocycles. The van der Waals surface area contributed by atoms with E-state index in [1.807, 2.05) is 19.9 Å². The Morgan fingerprint density at radius 2 is 2.25 bits per heavy atom. The van der Waals surface area contributed by atoms with Gasteiger partial charge in [-0.1, -0.05) is 0 Å². The van der Waals surface area contributed by atoms with E-state index < -0.39 is 0 Å². The highest BCUT2D eigenvalue weighted by atomic mass is 32.2. The summed E-state index contributed by atoms with van der Waals surface area (Å²) in [5.74, 6) is 0. The van der Waals surface area contributed by atoms with Crippen LogP contribution in [-0.2, 0) is 0 Å². The maximum atomic E-state index is 11.8. The number of nitriles is 1. The number of pyridine rings is 1. The van der Waals surface area contributed by atoms with Crippen molar-refractivity contribution in [2.45, 2.75) is 42.8 Å². The number of hydrogen-bond donors (Lipinski definition) is 1. The average molecular weight is 287 g/mol. The number of hydrogen-bond acceptors (Lipinski definition) is 5. The molecule has 0 atom stereocenters. The van der Waals surface area contributed by atoms with Gasteiger partial charge in [0, 0.05) is 16.6 Å². The zero-order chi connectivity index (χ0) is 14.3. The molecule has 2 aromatic heterocycles. The first-order chi connectivity index (χ1) is 9.60. The Balaban J connectivity index is 2.04. The van der Waals surface area contributed by atoms with Crippen LogP contribution >= 0.6 is 11.8 Å². The maximum Gasteiger partial charge on any atom is 0.344 e. The lowest BCUT2D eigenvalue weighted by atomic mass is 10.2. The summed E-state index contributed by atoms with van der Waals surface area (Å²) in [5.41, 5.74) is 1.90. The van der Waals surface area contributed by atoms with Gasteiger partial charge in [0.05, 0.1) is 11.3 Å². The predicted octanol–water partition coefficient (Wildman–Crippen LogP) is 1.94. The molecule has 3 rings (SSSR count). The molecule has 0 unspecified atom stereocenters. The predicted molar refractivity (Wildman–Crippen MR) is 73.7 cm³/mol. The molecule has 1 saturated carbocycles. The lowest BCUT2D eigenvalue weighted by molar-refractivity contribution is 0.642. The lowest BCUT2D eigenvalue weighted by Gasteiger charge is -2.07. The second-order valence-corrected chi connectivity index (χ2v) is 5.86. The molecule has 1 aliphatic rings. The van der Waals surface area contributed by atoms with Crippen LogP contribution in [0.1, 0.15) is 35.8 Å². The fourth-order valence-electron chi connectivity index (χ4n) is 2.12. The molecule has 6 nitrogen and oxygen atoms in total. The minimum Gasteiger partial charge on any atom is -0.267 e. The van der Waals surface area contributed by atoms with Gasteiger partial charge in [-0.3, -0.25) is 9.55 Å². The third-order valence-corrected chi connectivity index (χ3v) is 4.20. The molecule has 1 aliphatic carbocycles. The summed E-state index contributed by atoms with van der Waals surface area (Å²) in [4.78, 5) is 16.8. The number of aryl methyl sites for hydroxylation is 2. The standard InChI is InChI=1S/C13H13N5OS/c1-7-5-11(10(6-14)8(2)15-7)20-13-17-16-12(19)18(13)9-3-4-9/h5,9H,3-4H2,1-2H3,(H,16,19). The fraction of sp³-hybridized carbons (Fsp3) is 0.385. The van der Waals surface area contributed by atoms with E-state index in [-0.39, 0.29) is 11.7 Å². The largest absolute Gasteiger partial charge is 0.344 e. The molecule has 2 heterocycles. The first kappa shape index (κ1) is 12.9. The van der Waals surface area contributed by atoms with Gasteiger partial charge in [0.15, 0.2) is 5.16 Å². The number of rotatable bonds is 3. The minimum absolute atomic E-state index is 0.184. The van der Waals surface area contributed by atoms with Crippen LogP contribution in [0.2, 0.25) is 0 Å². The number of nitrogens with one attached hydrogen (secondary N) is 1. The summed E-state index contributed by atoms with van der Waals surface area (Å²) >= 11 is 1.34. The fourth-order valence-corrected chi connectivity index (χ4v) is 3.27. The maximum absolute atomic E-state index is 11.8. The second kappa shape index (κ2) is 4.80. The monoisotopic (exact) mass is 287 g/mol. The quantitative estimate of drug-likeness (QED) is 0.932. The molecular weight excluding hydrogens is 274 g/mol. The second-order valence-electron chi connectivity index (χ2n) is 4.85. The molecular formula is C13H13N5OS. The molecule has 0 spiro atoms. The molecule has 0 aromatic carbocycles. The lowest BCUT2D eigenvalue weighted by Crippen LogP contribution is -2.16. The van der Waals surface area contributed by atoms with E-state index in [9.17, 15) is 10.1 Å². The van der Waals surface area contributed by atoms with Crippen molar-refractivity contribution >= 4 is 11.8 Å². The summed E-state index contributed by atoms with van der Waals surface area (Å²) in [6.07, 6.45) is 2.01. The molecule has 1 N–H and O–H groups in total. The Morgan fingerprint density at radius 3 is 2.90 bits per heavy atom. The van der Waals surface area contributed by atoms with Gasteiger partial charge in [-0.25, -0.2) is 9.89 Å². The van der Waals surface area contributed by atoms with E-state index in [1.165, 1.54) is 11.8 Å². The first-order valence-electron chi connectivity index (χ1n) is 6.33. The third-order valence-electron chi connectivity index (χ3n) is 3.19. The van der Waals surface area contributed by atoms with Crippen LogP contribution in [0.5, 0.6) is 0 Å². The van der Waals surface area contributed by atoms with Crippen LogP contribution in [0.4, 0.5) is 0 Å². The van der Waals surface area contributed by atoms with Gasteiger partial charge in [-0.05, 0) is 44.5 Å². The van der Waals surface area contributed by atoms with Crippen molar-refractivity contribution in [1.29, 1.82) is 5.26 Å². The normalized spacial score (nSPS) is 14.2. The molecule has 0 radical (unpaired) electrons. The first-order valence-corrected chi connectivity index (χ1v) is 7.15. The minimum atomic E-state index is -0.184. The summed E-state index contributed by atoms with van der Waals surface area (Å²) in [6, 6.07) is 4.28. The summed E-state index contributed by atoms with van der Waals surface area (Å²) in [7, 11) is 0. The van der Waals surface area contributed by atoms with Crippen LogP contribution in [0.15, 0.2) is 20.9 Å². The van der Waals surface area contributed by atoms with Crippen LogP contribution in [0, 0.1) is 25.2 Å². The zero-order valence-corrected chi connectivity index (χ0v) is 12.0. The van der Waals surface area contributed by atoms with Gasteiger partial charge in [-0.15, -0.1) is 5.10 Å². The van der Waals surface area contributed by atoms with Gasteiger partial charge in [0.1, 0.15) is 6.07 Å². The van der Waals surface area contributed by atoms with Crippen molar-refractivity contribution in [2.24, 2.45) is 0 Å². The van der Waals surface area contributed by atoms with Crippen LogP contribution < -0.4 is 5.69 Å². The molecule has 1 fully saturated rings. The summed E-state index contributed by atoms with van der Waals surface area (Å²) in [5, 5.41) is 16.4. The van der Waals surface area contributed by atoms with E-state index in [1.54, 1.807) is 4.57 Å². The van der Waals surface area contributed by atoms with Gasteiger partial charge >= 0.3 is 5.69 Å².